The number of ether oxygens (including phenoxy) is 1. The Bertz CT molecular complexity index is 813. The molecule has 1 fully saturated rings. The first-order valence-electron chi connectivity index (χ1n) is 8.93. The van der Waals surface area contributed by atoms with Crippen molar-refractivity contribution in [1.82, 2.24) is 9.88 Å². The Balaban J connectivity index is 1.76. The van der Waals surface area contributed by atoms with Gasteiger partial charge in [0.05, 0.1) is 18.1 Å². The molecule has 0 N–H and O–H groups in total. The maximum absolute atomic E-state index is 13.1. The molecule has 1 atom stereocenters. The summed E-state index contributed by atoms with van der Waals surface area (Å²) in [7, 11) is 0. The van der Waals surface area contributed by atoms with Crippen LogP contribution in [0.2, 0.25) is 0 Å². The zero-order valence-electron chi connectivity index (χ0n) is 15.1. The van der Waals surface area contributed by atoms with E-state index < -0.39 is 0 Å². The fourth-order valence-corrected chi connectivity index (χ4v) is 4.17. The van der Waals surface area contributed by atoms with E-state index in [2.05, 4.69) is 20.9 Å². The van der Waals surface area contributed by atoms with Gasteiger partial charge in [-0.1, -0.05) is 27.7 Å². The lowest BCUT2D eigenvalue weighted by molar-refractivity contribution is -0.149. The normalized spacial score (nSPS) is 16.8. The molecule has 27 heavy (non-hydrogen) atoms. The Labute approximate surface area is 171 Å². The Morgan fingerprint density at radius 2 is 2.07 bits per heavy atom. The van der Waals surface area contributed by atoms with Gasteiger partial charge in [-0.05, 0) is 56.2 Å². The highest BCUT2D eigenvalue weighted by atomic mass is 79.9. The Hall–Kier alpha value is -1.86. The van der Waals surface area contributed by atoms with Gasteiger partial charge in [0, 0.05) is 28.7 Å². The molecule has 2 heterocycles. The number of esters is 1. The van der Waals surface area contributed by atoms with Crippen LogP contribution in [0.4, 0.5) is 0 Å². The second-order valence-corrected chi connectivity index (χ2v) is 8.23. The number of halogens is 1. The minimum Gasteiger partial charge on any atom is -0.466 e. The second kappa shape index (κ2) is 9.37. The predicted molar refractivity (Wildman–Crippen MR) is 108 cm³/mol. The molecule has 2 aromatic rings. The zero-order chi connectivity index (χ0) is 19.2. The second-order valence-electron chi connectivity index (χ2n) is 6.25. The van der Waals surface area contributed by atoms with E-state index in [-0.39, 0.29) is 17.8 Å². The van der Waals surface area contributed by atoms with E-state index in [9.17, 15) is 9.59 Å². The van der Waals surface area contributed by atoms with Gasteiger partial charge in [0.25, 0.3) is 5.91 Å². The first-order chi connectivity index (χ1) is 13.1. The number of carbonyl (C=O) groups is 2. The van der Waals surface area contributed by atoms with Gasteiger partial charge in [-0.25, -0.2) is 4.98 Å². The van der Waals surface area contributed by atoms with Crippen molar-refractivity contribution in [3.63, 3.8) is 0 Å². The van der Waals surface area contributed by atoms with Crippen LogP contribution in [-0.2, 0) is 9.53 Å². The fraction of sp³-hybridized carbons (Fsp3) is 0.350. The van der Waals surface area contributed by atoms with Crippen molar-refractivity contribution in [3.05, 3.63) is 52.6 Å². The van der Waals surface area contributed by atoms with Gasteiger partial charge in [-0.2, -0.15) is 0 Å². The largest absolute Gasteiger partial charge is 0.466 e. The minimum atomic E-state index is -0.248. The van der Waals surface area contributed by atoms with Gasteiger partial charge in [0.1, 0.15) is 5.03 Å². The summed E-state index contributed by atoms with van der Waals surface area (Å²) in [5.41, 5.74) is 0.565. The third-order valence-electron chi connectivity index (χ3n) is 4.36. The van der Waals surface area contributed by atoms with Crippen LogP contribution in [-0.4, -0.2) is 41.5 Å². The van der Waals surface area contributed by atoms with Crippen molar-refractivity contribution < 1.29 is 14.3 Å². The van der Waals surface area contributed by atoms with E-state index in [0.717, 1.165) is 22.2 Å². The fourth-order valence-electron chi connectivity index (χ4n) is 3.03. The van der Waals surface area contributed by atoms with Gasteiger partial charge < -0.3 is 9.64 Å². The molecule has 1 aromatic carbocycles. The number of amides is 1. The van der Waals surface area contributed by atoms with Crippen molar-refractivity contribution in [1.29, 1.82) is 0 Å². The van der Waals surface area contributed by atoms with E-state index in [1.54, 1.807) is 30.2 Å². The molecule has 142 valence electrons. The Morgan fingerprint density at radius 1 is 1.30 bits per heavy atom. The number of likely N-dealkylation sites (tertiary alicyclic amines) is 1. The zero-order valence-corrected chi connectivity index (χ0v) is 17.5. The number of carbonyl (C=O) groups excluding carboxylic acids is 2. The van der Waals surface area contributed by atoms with Crippen molar-refractivity contribution in [2.24, 2.45) is 5.92 Å². The molecule has 1 amide bonds. The molecule has 0 aliphatic carbocycles. The molecule has 1 aliphatic heterocycles. The van der Waals surface area contributed by atoms with E-state index in [1.165, 1.54) is 11.8 Å². The number of nitrogens with zero attached hydrogens (tertiary/aromatic N) is 2. The highest BCUT2D eigenvalue weighted by Crippen LogP contribution is 2.31. The van der Waals surface area contributed by atoms with Gasteiger partial charge in [-0.3, -0.25) is 9.59 Å². The molecule has 0 spiro atoms. The lowest BCUT2D eigenvalue weighted by atomic mass is 9.97. The van der Waals surface area contributed by atoms with Crippen LogP contribution in [0.5, 0.6) is 0 Å². The van der Waals surface area contributed by atoms with Crippen LogP contribution >= 0.6 is 27.7 Å². The number of piperidine rings is 1. The number of benzene rings is 1. The van der Waals surface area contributed by atoms with Gasteiger partial charge in [-0.15, -0.1) is 0 Å². The summed E-state index contributed by atoms with van der Waals surface area (Å²) in [5, 5.41) is 0.670. The summed E-state index contributed by atoms with van der Waals surface area (Å²) < 4.78 is 6.13. The highest BCUT2D eigenvalue weighted by Gasteiger charge is 2.30. The van der Waals surface area contributed by atoms with Gasteiger partial charge in [0.2, 0.25) is 0 Å². The SMILES string of the molecule is CCOC(=O)C1CCCN(C(=O)c2cccnc2Sc2ccc(Br)cc2)C1. The van der Waals surface area contributed by atoms with Crippen LogP contribution in [0.25, 0.3) is 0 Å². The van der Waals surface area contributed by atoms with E-state index in [0.29, 0.717) is 30.3 Å². The minimum absolute atomic E-state index is 0.0864. The number of aromatic nitrogens is 1. The molecule has 1 saturated heterocycles. The van der Waals surface area contributed by atoms with Crippen molar-refractivity contribution in [2.45, 2.75) is 29.7 Å². The maximum Gasteiger partial charge on any atom is 0.310 e. The van der Waals surface area contributed by atoms with Crippen LogP contribution in [0.15, 0.2) is 57.0 Å². The number of hydrogen-bond acceptors (Lipinski definition) is 5. The summed E-state index contributed by atoms with van der Waals surface area (Å²) in [6, 6.07) is 11.4. The summed E-state index contributed by atoms with van der Waals surface area (Å²) in [6.45, 7) is 3.20. The first kappa shape index (κ1) is 19.9. The Morgan fingerprint density at radius 3 is 2.81 bits per heavy atom. The average molecular weight is 449 g/mol. The molecule has 5 nitrogen and oxygen atoms in total. The molecule has 0 saturated carbocycles. The lowest BCUT2D eigenvalue weighted by Gasteiger charge is -2.31. The predicted octanol–water partition coefficient (Wildman–Crippen LogP) is 4.41. The number of hydrogen-bond donors (Lipinski definition) is 0. The summed E-state index contributed by atoms with van der Waals surface area (Å²) in [5.74, 6) is -0.552. The van der Waals surface area contributed by atoms with Gasteiger partial charge in [0.15, 0.2) is 0 Å². The van der Waals surface area contributed by atoms with Crippen LogP contribution in [0.1, 0.15) is 30.1 Å². The molecule has 7 heteroatoms. The molecule has 1 aromatic heterocycles. The standard InChI is InChI=1S/C20H21BrN2O3S/c1-2-26-20(25)14-5-4-12-23(13-14)19(24)17-6-3-11-22-18(17)27-16-9-7-15(21)8-10-16/h3,6-11,14H,2,4-5,12-13H2,1H3. The van der Waals surface area contributed by atoms with Crippen molar-refractivity contribution in [3.8, 4) is 0 Å². The van der Waals surface area contributed by atoms with E-state index in [4.69, 9.17) is 4.74 Å². The van der Waals surface area contributed by atoms with Crippen molar-refractivity contribution in [2.75, 3.05) is 19.7 Å². The van der Waals surface area contributed by atoms with Crippen molar-refractivity contribution >= 4 is 39.6 Å². The number of rotatable bonds is 5. The number of pyridine rings is 1. The Kier molecular flexibility index (Phi) is 6.90. The van der Waals surface area contributed by atoms with E-state index >= 15 is 0 Å². The van der Waals surface area contributed by atoms with E-state index in [1.807, 2.05) is 24.3 Å². The molecule has 1 aliphatic rings. The summed E-state index contributed by atoms with van der Waals surface area (Å²) >= 11 is 4.88. The van der Waals surface area contributed by atoms with Crippen LogP contribution in [0, 0.1) is 5.92 Å². The highest BCUT2D eigenvalue weighted by molar-refractivity contribution is 9.10. The molecular weight excluding hydrogens is 428 g/mol. The molecular formula is C20H21BrN2O3S. The summed E-state index contributed by atoms with van der Waals surface area (Å²) in [6.07, 6.45) is 3.25. The molecule has 0 bridgehead atoms. The molecule has 1 unspecified atom stereocenters. The molecule has 3 rings (SSSR count). The van der Waals surface area contributed by atoms with Gasteiger partial charge >= 0.3 is 5.97 Å². The van der Waals surface area contributed by atoms with Crippen LogP contribution in [0.3, 0.4) is 0 Å². The topological polar surface area (TPSA) is 59.5 Å². The first-order valence-corrected chi connectivity index (χ1v) is 10.5. The van der Waals surface area contributed by atoms with Crippen LogP contribution < -0.4 is 0 Å². The third-order valence-corrected chi connectivity index (χ3v) is 5.91. The summed E-state index contributed by atoms with van der Waals surface area (Å²) in [4.78, 5) is 32.3. The quantitative estimate of drug-likeness (QED) is 0.633. The maximum atomic E-state index is 13.1. The smallest absolute Gasteiger partial charge is 0.310 e. The lowest BCUT2D eigenvalue weighted by Crippen LogP contribution is -2.43. The monoisotopic (exact) mass is 448 g/mol. The molecule has 0 radical (unpaired) electrons. The average Bonchev–Trinajstić information content (AvgIpc) is 2.70. The third kappa shape index (κ3) is 5.11.